The minimum absolute atomic E-state index is 0.360. The molecule has 0 aromatic carbocycles. The van der Waals surface area contributed by atoms with Crippen LogP contribution in [0.3, 0.4) is 0 Å². The summed E-state index contributed by atoms with van der Waals surface area (Å²) in [5, 5.41) is 9.30. The smallest absolute Gasteiger partial charge is 0.0638 e. The Labute approximate surface area is 166 Å². The number of ether oxygens (including phenoxy) is 1. The second-order valence-electron chi connectivity index (χ2n) is 11.8. The molecular weight excluding hydrogens is 332 g/mol. The predicted octanol–water partition coefficient (Wildman–Crippen LogP) is 5.68. The van der Waals surface area contributed by atoms with Gasteiger partial charge in [-0.15, -0.1) is 0 Å². The van der Waals surface area contributed by atoms with Crippen LogP contribution >= 0.6 is 0 Å². The molecule has 154 valence electrons. The number of hydrogen-bond acceptors (Lipinski definition) is 2. The highest BCUT2D eigenvalue weighted by molar-refractivity contribution is 5.26. The summed E-state index contributed by atoms with van der Waals surface area (Å²) in [6, 6.07) is 0. The van der Waals surface area contributed by atoms with Crippen LogP contribution < -0.4 is 0 Å². The van der Waals surface area contributed by atoms with Crippen LogP contribution in [0.4, 0.5) is 0 Å². The minimum Gasteiger partial charge on any atom is -0.396 e. The Balaban J connectivity index is 1.42. The van der Waals surface area contributed by atoms with Crippen LogP contribution in [0.25, 0.3) is 0 Å². The van der Waals surface area contributed by atoms with Gasteiger partial charge in [0.05, 0.1) is 6.10 Å². The third-order valence-corrected chi connectivity index (χ3v) is 11.4. The van der Waals surface area contributed by atoms with Gasteiger partial charge >= 0.3 is 0 Å². The van der Waals surface area contributed by atoms with E-state index < -0.39 is 0 Å². The van der Waals surface area contributed by atoms with Gasteiger partial charge in [0.25, 0.3) is 0 Å². The number of aliphatic hydroxyl groups excluding tert-OH is 1. The fourth-order valence-electron chi connectivity index (χ4n) is 10.2. The summed E-state index contributed by atoms with van der Waals surface area (Å²) in [7, 11) is 2.00. The van der Waals surface area contributed by atoms with Crippen LogP contribution in [-0.4, -0.2) is 24.9 Å². The largest absolute Gasteiger partial charge is 0.396 e. The Morgan fingerprint density at radius 1 is 1.07 bits per heavy atom. The Bertz CT molecular complexity index is 589. The molecule has 0 radical (unpaired) electrons. The number of hydrogen-bond donors (Lipinski definition) is 1. The fraction of sp³-hybridized carbons (Fsp3) is 1.00. The SMILES string of the molecule is CO[C@@H]1C[C@H]2[C@@H]3CC[C@H]([C@H](C)CCCO)[C@@]3(C)CC[C@@H]2[C@@]2(C)CC[C@H]3C[C@]312. The van der Waals surface area contributed by atoms with Crippen LogP contribution in [0.5, 0.6) is 0 Å². The van der Waals surface area contributed by atoms with E-state index in [4.69, 9.17) is 4.74 Å². The van der Waals surface area contributed by atoms with E-state index in [-0.39, 0.29) is 0 Å². The van der Waals surface area contributed by atoms with Gasteiger partial charge in [0.1, 0.15) is 0 Å². The Morgan fingerprint density at radius 2 is 1.89 bits per heavy atom. The molecule has 0 aromatic rings. The van der Waals surface area contributed by atoms with Gasteiger partial charge in [0.15, 0.2) is 0 Å². The molecule has 0 unspecified atom stereocenters. The maximum absolute atomic E-state index is 9.30. The minimum atomic E-state index is 0.360. The molecule has 2 heteroatoms. The zero-order valence-corrected chi connectivity index (χ0v) is 18.2. The van der Waals surface area contributed by atoms with Gasteiger partial charge in [-0.3, -0.25) is 0 Å². The molecule has 5 aliphatic carbocycles. The standard InChI is InChI=1S/C25H42O2/c1-16(6-5-13-26)19-7-8-20-18-14-22(27-4)25-15-17(25)9-12-24(25,3)21(18)10-11-23(19,20)2/h16-22,26H,5-15H2,1-4H3/t16-,17+,18+,19-,20+,21+,22-,23-,24-,25+/m1/s1. The van der Waals surface area contributed by atoms with Gasteiger partial charge < -0.3 is 9.84 Å². The van der Waals surface area contributed by atoms with Crippen molar-refractivity contribution in [2.24, 2.45) is 51.8 Å². The van der Waals surface area contributed by atoms with Crippen LogP contribution in [0.2, 0.25) is 0 Å². The van der Waals surface area contributed by atoms with E-state index in [9.17, 15) is 5.11 Å². The molecule has 0 heterocycles. The molecule has 1 spiro atoms. The molecule has 27 heavy (non-hydrogen) atoms. The van der Waals surface area contributed by atoms with Gasteiger partial charge in [-0.25, -0.2) is 0 Å². The van der Waals surface area contributed by atoms with E-state index in [0.717, 1.165) is 41.9 Å². The molecule has 0 bridgehead atoms. The quantitative estimate of drug-likeness (QED) is 0.671. The monoisotopic (exact) mass is 374 g/mol. The van der Waals surface area contributed by atoms with Crippen molar-refractivity contribution in [3.05, 3.63) is 0 Å². The van der Waals surface area contributed by atoms with Crippen molar-refractivity contribution in [1.82, 2.24) is 0 Å². The lowest BCUT2D eigenvalue weighted by Crippen LogP contribution is -2.57. The lowest BCUT2D eigenvalue weighted by molar-refractivity contribution is -0.161. The van der Waals surface area contributed by atoms with E-state index in [2.05, 4.69) is 20.8 Å². The number of fused-ring (bicyclic) bond motifs is 4. The lowest BCUT2D eigenvalue weighted by atomic mass is 9.45. The maximum atomic E-state index is 9.30. The normalized spacial score (nSPS) is 56.8. The van der Waals surface area contributed by atoms with E-state index in [1.165, 1.54) is 57.8 Å². The summed E-state index contributed by atoms with van der Waals surface area (Å²) in [6.07, 6.45) is 14.3. The Kier molecular flexibility index (Phi) is 4.35. The molecule has 0 aromatic heterocycles. The molecule has 5 aliphatic rings. The maximum Gasteiger partial charge on any atom is 0.0638 e. The third kappa shape index (κ3) is 2.26. The first kappa shape index (κ1) is 18.9. The van der Waals surface area contributed by atoms with E-state index in [1.807, 2.05) is 7.11 Å². The topological polar surface area (TPSA) is 29.5 Å². The summed E-state index contributed by atoms with van der Waals surface area (Å²) >= 11 is 0. The molecule has 0 saturated heterocycles. The van der Waals surface area contributed by atoms with Gasteiger partial charge in [0.2, 0.25) is 0 Å². The predicted molar refractivity (Wildman–Crippen MR) is 109 cm³/mol. The summed E-state index contributed by atoms with van der Waals surface area (Å²) in [5.74, 6) is 5.40. The van der Waals surface area contributed by atoms with Crippen molar-refractivity contribution in [3.8, 4) is 0 Å². The zero-order valence-electron chi connectivity index (χ0n) is 18.2. The van der Waals surface area contributed by atoms with Crippen molar-refractivity contribution >= 4 is 0 Å². The highest BCUT2D eigenvalue weighted by Crippen LogP contribution is 2.82. The van der Waals surface area contributed by atoms with Crippen molar-refractivity contribution in [2.45, 2.75) is 91.1 Å². The molecule has 10 atom stereocenters. The highest BCUT2D eigenvalue weighted by atomic mass is 16.5. The van der Waals surface area contributed by atoms with Crippen molar-refractivity contribution in [3.63, 3.8) is 0 Å². The molecule has 5 rings (SSSR count). The summed E-state index contributed by atoms with van der Waals surface area (Å²) in [4.78, 5) is 0. The molecule has 1 N–H and O–H groups in total. The van der Waals surface area contributed by atoms with E-state index >= 15 is 0 Å². The molecule has 0 aliphatic heterocycles. The first-order chi connectivity index (χ1) is 12.9. The van der Waals surface area contributed by atoms with Gasteiger partial charge in [-0.1, -0.05) is 20.8 Å². The van der Waals surface area contributed by atoms with Gasteiger partial charge in [-0.2, -0.15) is 0 Å². The van der Waals surface area contributed by atoms with Crippen molar-refractivity contribution in [1.29, 1.82) is 0 Å². The van der Waals surface area contributed by atoms with E-state index in [0.29, 0.717) is 29.0 Å². The van der Waals surface area contributed by atoms with E-state index in [1.54, 1.807) is 0 Å². The summed E-state index contributed by atoms with van der Waals surface area (Å²) in [6.45, 7) is 8.17. The highest BCUT2D eigenvalue weighted by Gasteiger charge is 2.77. The number of aliphatic hydroxyl groups is 1. The molecule has 5 saturated carbocycles. The second kappa shape index (κ2) is 6.21. The molecule has 5 fully saturated rings. The second-order valence-corrected chi connectivity index (χ2v) is 11.8. The first-order valence-electron chi connectivity index (χ1n) is 12.1. The van der Waals surface area contributed by atoms with Crippen LogP contribution in [0.15, 0.2) is 0 Å². The zero-order chi connectivity index (χ0) is 19.0. The van der Waals surface area contributed by atoms with Crippen LogP contribution in [0.1, 0.15) is 85.0 Å². The first-order valence-corrected chi connectivity index (χ1v) is 12.1. The Morgan fingerprint density at radius 3 is 2.59 bits per heavy atom. The van der Waals surface area contributed by atoms with Crippen LogP contribution in [-0.2, 0) is 4.74 Å². The third-order valence-electron chi connectivity index (χ3n) is 11.4. The lowest BCUT2D eigenvalue weighted by Gasteiger charge is -2.61. The van der Waals surface area contributed by atoms with Crippen molar-refractivity contribution < 1.29 is 9.84 Å². The number of methoxy groups -OCH3 is 1. The van der Waals surface area contributed by atoms with Crippen LogP contribution in [0, 0.1) is 51.8 Å². The molecule has 2 nitrogen and oxygen atoms in total. The van der Waals surface area contributed by atoms with Gasteiger partial charge in [0, 0.05) is 19.1 Å². The average molecular weight is 375 g/mol. The summed E-state index contributed by atoms with van der Waals surface area (Å²) in [5.41, 5.74) is 1.66. The number of rotatable bonds is 5. The van der Waals surface area contributed by atoms with Gasteiger partial charge in [-0.05, 0) is 111 Å². The molecular formula is C25H42O2. The van der Waals surface area contributed by atoms with Crippen molar-refractivity contribution in [2.75, 3.05) is 13.7 Å². The Hall–Kier alpha value is -0.0800. The average Bonchev–Trinajstić information content (AvgIpc) is 3.16. The summed E-state index contributed by atoms with van der Waals surface area (Å²) < 4.78 is 6.24. The molecule has 0 amide bonds. The fourth-order valence-corrected chi connectivity index (χ4v) is 10.2.